The number of hydrogen-bond acceptors (Lipinski definition) is 8. The molecule has 2 aliphatic heterocycles. The van der Waals surface area contributed by atoms with Crippen molar-refractivity contribution in [1.29, 1.82) is 0 Å². The van der Waals surface area contributed by atoms with E-state index in [-0.39, 0.29) is 11.5 Å². The van der Waals surface area contributed by atoms with Gasteiger partial charge in [-0.3, -0.25) is 14.7 Å². The van der Waals surface area contributed by atoms with Gasteiger partial charge in [-0.25, -0.2) is 4.52 Å². The van der Waals surface area contributed by atoms with E-state index in [2.05, 4.69) is 57.3 Å². The summed E-state index contributed by atoms with van der Waals surface area (Å²) in [6.45, 7) is 8.02. The molecule has 0 bridgehead atoms. The zero-order valence-corrected chi connectivity index (χ0v) is 26.0. The largest absolute Gasteiger partial charge is 0.383 e. The highest BCUT2D eigenvalue weighted by Gasteiger charge is 2.38. The normalized spacial score (nSPS) is 23.5. The van der Waals surface area contributed by atoms with Crippen molar-refractivity contribution in [2.75, 3.05) is 72.0 Å². The molecule has 6 rings (SSSR count). The number of amides is 1. The smallest absolute Gasteiger partial charge is 0.225 e. The van der Waals surface area contributed by atoms with Crippen LogP contribution in [0, 0.1) is 11.8 Å². The molecule has 1 amide bonds. The van der Waals surface area contributed by atoms with Crippen LogP contribution in [0.2, 0.25) is 0 Å². The van der Waals surface area contributed by atoms with E-state index in [0.717, 1.165) is 99.6 Å². The molecule has 230 valence electrons. The van der Waals surface area contributed by atoms with Gasteiger partial charge in [-0.2, -0.15) is 5.10 Å². The molecule has 10 nitrogen and oxygen atoms in total. The van der Waals surface area contributed by atoms with E-state index in [1.54, 1.807) is 14.2 Å². The molecule has 5 heterocycles. The van der Waals surface area contributed by atoms with E-state index < -0.39 is 0 Å². The minimum Gasteiger partial charge on any atom is -0.383 e. The van der Waals surface area contributed by atoms with E-state index in [0.29, 0.717) is 17.9 Å². The van der Waals surface area contributed by atoms with E-state index in [1.165, 1.54) is 0 Å². The summed E-state index contributed by atoms with van der Waals surface area (Å²) in [6, 6.07) is 8.93. The van der Waals surface area contributed by atoms with Crippen molar-refractivity contribution < 1.29 is 14.3 Å². The number of carbonyl (C=O) groups is 1. The monoisotopic (exact) mass is 587 g/mol. The molecule has 3 aliphatic rings. The summed E-state index contributed by atoms with van der Waals surface area (Å²) in [7, 11) is 5.38. The van der Waals surface area contributed by atoms with Crippen molar-refractivity contribution in [3.05, 3.63) is 48.4 Å². The Hall–Kier alpha value is -3.34. The molecular weight excluding hydrogens is 542 g/mol. The molecule has 1 aliphatic carbocycles. The van der Waals surface area contributed by atoms with Gasteiger partial charge in [0.2, 0.25) is 5.91 Å². The molecule has 3 aromatic heterocycles. The molecule has 10 heteroatoms. The topological polar surface area (TPSA) is 87.8 Å². The summed E-state index contributed by atoms with van der Waals surface area (Å²) in [4.78, 5) is 28.9. The number of hydrogen-bond donors (Lipinski definition) is 0. The van der Waals surface area contributed by atoms with Crippen molar-refractivity contribution in [1.82, 2.24) is 24.4 Å². The maximum atomic E-state index is 13.0. The van der Waals surface area contributed by atoms with Gasteiger partial charge in [0, 0.05) is 108 Å². The van der Waals surface area contributed by atoms with Crippen LogP contribution < -0.4 is 4.90 Å². The van der Waals surface area contributed by atoms with Gasteiger partial charge >= 0.3 is 0 Å². The van der Waals surface area contributed by atoms with Crippen LogP contribution in [-0.4, -0.2) is 110 Å². The zero-order valence-electron chi connectivity index (χ0n) is 26.0. The molecule has 3 aromatic rings. The minimum absolute atomic E-state index is 0.158. The molecular formula is C33H45N7O3. The number of nitrogens with zero attached hydrogens (tertiary/aromatic N) is 7. The number of aliphatic imine (C=N–C) groups is 1. The number of aromatic nitrogens is 3. The van der Waals surface area contributed by atoms with Gasteiger partial charge in [0.1, 0.15) is 0 Å². The van der Waals surface area contributed by atoms with Crippen LogP contribution in [0.25, 0.3) is 16.8 Å². The second-order valence-corrected chi connectivity index (χ2v) is 12.4. The van der Waals surface area contributed by atoms with Crippen LogP contribution in [0.5, 0.6) is 0 Å². The predicted octanol–water partition coefficient (Wildman–Crippen LogP) is 3.74. The lowest BCUT2D eigenvalue weighted by atomic mass is 9.75. The van der Waals surface area contributed by atoms with Gasteiger partial charge in [0.15, 0.2) is 0 Å². The fraction of sp³-hybridized carbons (Fsp3) is 0.576. The molecule has 0 N–H and O–H groups in total. The maximum absolute atomic E-state index is 13.0. The average molecular weight is 588 g/mol. The number of ether oxygens (including phenoxy) is 2. The molecule has 43 heavy (non-hydrogen) atoms. The van der Waals surface area contributed by atoms with Gasteiger partial charge in [-0.15, -0.1) is 0 Å². The Bertz CT molecular complexity index is 1420. The average Bonchev–Trinajstić information content (AvgIpc) is 3.47. The molecule has 1 saturated carbocycles. The minimum atomic E-state index is -0.317. The van der Waals surface area contributed by atoms with Gasteiger partial charge in [-0.05, 0) is 56.7 Å². The Kier molecular flexibility index (Phi) is 8.79. The summed E-state index contributed by atoms with van der Waals surface area (Å²) in [5.41, 5.74) is 4.95. The fourth-order valence-corrected chi connectivity index (χ4v) is 7.15. The number of methoxy groups -OCH3 is 2. The number of rotatable bonds is 9. The number of piperazine rings is 1. The number of piperidine rings is 1. The third-order valence-electron chi connectivity index (χ3n) is 9.92. The molecule has 1 atom stereocenters. The molecule has 3 fully saturated rings. The number of likely N-dealkylation sites (tertiary alicyclic amines) is 1. The van der Waals surface area contributed by atoms with Crippen LogP contribution in [0.3, 0.4) is 0 Å². The Labute approximate surface area is 254 Å². The first kappa shape index (κ1) is 29.7. The van der Waals surface area contributed by atoms with Crippen molar-refractivity contribution >= 4 is 23.3 Å². The van der Waals surface area contributed by atoms with Crippen molar-refractivity contribution in [2.45, 2.75) is 44.2 Å². The molecule has 0 radical (unpaired) electrons. The highest BCUT2D eigenvalue weighted by Crippen LogP contribution is 2.38. The lowest BCUT2D eigenvalue weighted by molar-refractivity contribution is -0.139. The van der Waals surface area contributed by atoms with E-state index in [9.17, 15) is 4.79 Å². The van der Waals surface area contributed by atoms with Crippen LogP contribution in [-0.2, 0) is 19.9 Å². The first-order valence-electron chi connectivity index (χ1n) is 15.6. The summed E-state index contributed by atoms with van der Waals surface area (Å²) >= 11 is 0. The SMILES string of the molecule is CN=CC1CC(C(=O)N2CCN(c3ccnn4cc(-c5ccc(C6(OC)CCN([C@H](C)COC)CC6)cn5)cc34)CC2)C1. The van der Waals surface area contributed by atoms with E-state index in [4.69, 9.17) is 14.5 Å². The Morgan fingerprint density at radius 1 is 1.12 bits per heavy atom. The number of fused-ring (bicyclic) bond motifs is 1. The van der Waals surface area contributed by atoms with Crippen LogP contribution in [0.1, 0.15) is 38.2 Å². The Balaban J connectivity index is 1.12. The predicted molar refractivity (Wildman–Crippen MR) is 169 cm³/mol. The van der Waals surface area contributed by atoms with Crippen molar-refractivity contribution in [2.24, 2.45) is 16.8 Å². The molecule has 2 saturated heterocycles. The first-order valence-corrected chi connectivity index (χ1v) is 15.6. The van der Waals surface area contributed by atoms with Crippen LogP contribution >= 0.6 is 0 Å². The van der Waals surface area contributed by atoms with Crippen molar-refractivity contribution in [3.63, 3.8) is 0 Å². The Morgan fingerprint density at radius 3 is 2.53 bits per heavy atom. The fourth-order valence-electron chi connectivity index (χ4n) is 7.15. The zero-order chi connectivity index (χ0) is 30.0. The highest BCUT2D eigenvalue weighted by atomic mass is 16.5. The van der Waals surface area contributed by atoms with Gasteiger partial charge in [-0.1, -0.05) is 6.07 Å². The first-order chi connectivity index (χ1) is 20.9. The number of carbonyl (C=O) groups excluding carboxylic acids is 1. The molecule has 0 spiro atoms. The number of anilines is 1. The standard InChI is InChI=1S/C33H45N7O3/c1-24(23-42-3)37-11-8-33(43-4,9-12-37)28-5-6-29(35-21-28)27-19-31-30(7-10-36-40(31)22-27)38-13-15-39(16-14-38)32(41)26-17-25(18-26)20-34-2/h5-7,10,19-22,24-26H,8-9,11-18,23H2,1-4H3/t24-,25?,26?/m1/s1. The summed E-state index contributed by atoms with van der Waals surface area (Å²) in [5, 5.41) is 4.59. The van der Waals surface area contributed by atoms with Gasteiger partial charge in [0.25, 0.3) is 0 Å². The summed E-state index contributed by atoms with van der Waals surface area (Å²) in [5.74, 6) is 0.931. The second-order valence-electron chi connectivity index (χ2n) is 12.4. The quantitative estimate of drug-likeness (QED) is 0.353. The third kappa shape index (κ3) is 5.92. The third-order valence-corrected chi connectivity index (χ3v) is 9.92. The number of pyridine rings is 1. The lowest BCUT2D eigenvalue weighted by Gasteiger charge is -2.43. The maximum Gasteiger partial charge on any atom is 0.225 e. The second kappa shape index (κ2) is 12.7. The molecule has 0 aromatic carbocycles. The van der Waals surface area contributed by atoms with E-state index >= 15 is 0 Å². The summed E-state index contributed by atoms with van der Waals surface area (Å²) in [6.07, 6.45) is 11.6. The van der Waals surface area contributed by atoms with Crippen LogP contribution in [0.15, 0.2) is 47.8 Å². The highest BCUT2D eigenvalue weighted by molar-refractivity contribution is 5.83. The van der Waals surface area contributed by atoms with Crippen molar-refractivity contribution in [3.8, 4) is 11.3 Å². The Morgan fingerprint density at radius 2 is 1.88 bits per heavy atom. The van der Waals surface area contributed by atoms with Gasteiger partial charge < -0.3 is 24.3 Å². The van der Waals surface area contributed by atoms with Crippen LogP contribution in [0.4, 0.5) is 5.69 Å². The molecule has 0 unspecified atom stereocenters. The lowest BCUT2D eigenvalue weighted by Crippen LogP contribution is -2.52. The summed E-state index contributed by atoms with van der Waals surface area (Å²) < 4.78 is 13.4. The van der Waals surface area contributed by atoms with Gasteiger partial charge in [0.05, 0.1) is 29.1 Å². The van der Waals surface area contributed by atoms with E-state index in [1.807, 2.05) is 35.1 Å².